The van der Waals surface area contributed by atoms with Gasteiger partial charge < -0.3 is 0 Å². The highest BCUT2D eigenvalue weighted by molar-refractivity contribution is 9.10. The molecular formula is C12H15Br. The van der Waals surface area contributed by atoms with Gasteiger partial charge in [-0.15, -0.1) is 6.58 Å². The molecule has 13 heavy (non-hydrogen) atoms. The largest absolute Gasteiger partial charge is 0.103 e. The summed E-state index contributed by atoms with van der Waals surface area (Å²) in [5.41, 5.74) is 2.73. The molecule has 0 aliphatic heterocycles. The lowest BCUT2D eigenvalue weighted by Gasteiger charge is -2.04. The van der Waals surface area contributed by atoms with Gasteiger partial charge in [-0.25, -0.2) is 0 Å². The molecule has 0 saturated heterocycles. The molecule has 0 heterocycles. The van der Waals surface area contributed by atoms with Crippen LogP contribution in [0.2, 0.25) is 0 Å². The molecule has 0 aromatic heterocycles. The van der Waals surface area contributed by atoms with E-state index in [0.717, 1.165) is 12.8 Å². The molecule has 0 fully saturated rings. The van der Waals surface area contributed by atoms with Gasteiger partial charge in [-0.2, -0.15) is 0 Å². The predicted molar refractivity (Wildman–Crippen MR) is 62.0 cm³/mol. The van der Waals surface area contributed by atoms with E-state index in [-0.39, 0.29) is 0 Å². The van der Waals surface area contributed by atoms with Crippen LogP contribution in [-0.4, -0.2) is 0 Å². The maximum atomic E-state index is 3.72. The number of unbranched alkanes of at least 4 members (excludes halogenated alkanes) is 1. The second kappa shape index (κ2) is 5.23. The van der Waals surface area contributed by atoms with Crippen molar-refractivity contribution < 1.29 is 0 Å². The van der Waals surface area contributed by atoms with Crippen LogP contribution in [-0.2, 0) is 6.42 Å². The lowest BCUT2D eigenvalue weighted by atomic mass is 10.1. The molecule has 1 aromatic carbocycles. The van der Waals surface area contributed by atoms with E-state index in [4.69, 9.17) is 0 Å². The smallest absolute Gasteiger partial charge is 0.0207 e. The molecule has 0 spiro atoms. The molecule has 0 radical (unpaired) electrons. The molecule has 0 bridgehead atoms. The zero-order chi connectivity index (χ0) is 9.68. The summed E-state index contributed by atoms with van der Waals surface area (Å²) >= 11 is 3.56. The van der Waals surface area contributed by atoms with Gasteiger partial charge in [-0.3, -0.25) is 0 Å². The highest BCUT2D eigenvalue weighted by atomic mass is 79.9. The summed E-state index contributed by atoms with van der Waals surface area (Å²) in [6, 6.07) is 6.49. The van der Waals surface area contributed by atoms with E-state index in [1.165, 1.54) is 22.0 Å². The first-order chi connectivity index (χ1) is 6.24. The number of hydrogen-bond donors (Lipinski definition) is 0. The van der Waals surface area contributed by atoms with Gasteiger partial charge in [0, 0.05) is 4.47 Å². The zero-order valence-electron chi connectivity index (χ0n) is 8.02. The second-order valence-corrected chi connectivity index (χ2v) is 4.13. The fraction of sp³-hybridized carbons (Fsp3) is 0.333. The van der Waals surface area contributed by atoms with E-state index in [1.54, 1.807) is 0 Å². The van der Waals surface area contributed by atoms with Gasteiger partial charge in [-0.05, 0) is 37.8 Å². The topological polar surface area (TPSA) is 0 Å². The van der Waals surface area contributed by atoms with Crippen LogP contribution in [0.4, 0.5) is 0 Å². The van der Waals surface area contributed by atoms with Gasteiger partial charge in [-0.1, -0.05) is 39.7 Å². The van der Waals surface area contributed by atoms with Crippen LogP contribution in [0, 0.1) is 6.92 Å². The van der Waals surface area contributed by atoms with Crippen molar-refractivity contribution in [1.82, 2.24) is 0 Å². The number of rotatable bonds is 4. The van der Waals surface area contributed by atoms with Crippen molar-refractivity contribution in [2.75, 3.05) is 0 Å². The summed E-state index contributed by atoms with van der Waals surface area (Å²) in [7, 11) is 0. The normalized spacial score (nSPS) is 10.0. The highest BCUT2D eigenvalue weighted by Crippen LogP contribution is 2.19. The minimum absolute atomic E-state index is 1.10. The molecular weight excluding hydrogens is 224 g/mol. The standard InChI is InChI=1S/C12H15Br/c1-3-4-5-6-11-9-10(2)7-8-12(11)13/h3,7-9H,1,4-6H2,2H3. The van der Waals surface area contributed by atoms with Crippen molar-refractivity contribution in [3.8, 4) is 0 Å². The van der Waals surface area contributed by atoms with Crippen molar-refractivity contribution in [2.24, 2.45) is 0 Å². The zero-order valence-corrected chi connectivity index (χ0v) is 9.60. The molecule has 0 nitrogen and oxygen atoms in total. The summed E-state index contributed by atoms with van der Waals surface area (Å²) in [6.07, 6.45) is 5.39. The first kappa shape index (κ1) is 10.5. The van der Waals surface area contributed by atoms with Crippen LogP contribution < -0.4 is 0 Å². The van der Waals surface area contributed by atoms with Crippen LogP contribution in [0.1, 0.15) is 24.0 Å². The van der Waals surface area contributed by atoms with Gasteiger partial charge in [0.25, 0.3) is 0 Å². The monoisotopic (exact) mass is 238 g/mol. The van der Waals surface area contributed by atoms with Crippen molar-refractivity contribution in [3.63, 3.8) is 0 Å². The first-order valence-corrected chi connectivity index (χ1v) is 5.39. The maximum absolute atomic E-state index is 3.72. The van der Waals surface area contributed by atoms with Crippen LogP contribution in [0.5, 0.6) is 0 Å². The molecule has 0 aliphatic rings. The molecule has 0 aliphatic carbocycles. The average Bonchev–Trinajstić information content (AvgIpc) is 2.11. The number of allylic oxidation sites excluding steroid dienone is 1. The molecule has 1 heteroatoms. The Balaban J connectivity index is 2.64. The van der Waals surface area contributed by atoms with E-state index in [9.17, 15) is 0 Å². The van der Waals surface area contributed by atoms with E-state index in [0.29, 0.717) is 0 Å². The highest BCUT2D eigenvalue weighted by Gasteiger charge is 1.98. The third kappa shape index (κ3) is 3.35. The summed E-state index contributed by atoms with van der Waals surface area (Å²) < 4.78 is 1.22. The van der Waals surface area contributed by atoms with Crippen LogP contribution in [0.25, 0.3) is 0 Å². The van der Waals surface area contributed by atoms with Gasteiger partial charge in [0.15, 0.2) is 0 Å². The van der Waals surface area contributed by atoms with Crippen molar-refractivity contribution >= 4 is 15.9 Å². The van der Waals surface area contributed by atoms with Crippen molar-refractivity contribution in [2.45, 2.75) is 26.2 Å². The Kier molecular flexibility index (Phi) is 4.23. The van der Waals surface area contributed by atoms with Gasteiger partial charge >= 0.3 is 0 Å². The Hall–Kier alpha value is -0.560. The number of halogens is 1. The third-order valence-corrected chi connectivity index (χ3v) is 2.83. The number of hydrogen-bond acceptors (Lipinski definition) is 0. The molecule has 1 aromatic rings. The maximum Gasteiger partial charge on any atom is 0.0207 e. The summed E-state index contributed by atoms with van der Waals surface area (Å²) in [5, 5.41) is 0. The van der Waals surface area contributed by atoms with Gasteiger partial charge in [0.05, 0.1) is 0 Å². The Morgan fingerprint density at radius 2 is 2.23 bits per heavy atom. The summed E-state index contributed by atoms with van der Waals surface area (Å²) in [4.78, 5) is 0. The van der Waals surface area contributed by atoms with E-state index in [1.807, 2.05) is 6.08 Å². The van der Waals surface area contributed by atoms with E-state index < -0.39 is 0 Å². The minimum atomic E-state index is 1.10. The average molecular weight is 239 g/mol. The van der Waals surface area contributed by atoms with E-state index >= 15 is 0 Å². The van der Waals surface area contributed by atoms with Crippen LogP contribution in [0.15, 0.2) is 35.3 Å². The summed E-state index contributed by atoms with van der Waals surface area (Å²) in [6.45, 7) is 5.85. The molecule has 0 saturated carbocycles. The Labute approximate surface area is 88.8 Å². The first-order valence-electron chi connectivity index (χ1n) is 4.60. The predicted octanol–water partition coefficient (Wildman–Crippen LogP) is 4.27. The van der Waals surface area contributed by atoms with E-state index in [2.05, 4.69) is 47.6 Å². The number of benzene rings is 1. The summed E-state index contributed by atoms with van der Waals surface area (Å²) in [5.74, 6) is 0. The SMILES string of the molecule is C=CCCCc1cc(C)ccc1Br. The third-order valence-electron chi connectivity index (χ3n) is 2.06. The molecule has 0 N–H and O–H groups in total. The van der Waals surface area contributed by atoms with Crippen LogP contribution >= 0.6 is 15.9 Å². The molecule has 1 rings (SSSR count). The Morgan fingerprint density at radius 1 is 1.46 bits per heavy atom. The molecule has 0 atom stereocenters. The fourth-order valence-electron chi connectivity index (χ4n) is 1.33. The van der Waals surface area contributed by atoms with Gasteiger partial charge in [0.2, 0.25) is 0 Å². The number of aryl methyl sites for hydroxylation is 2. The Morgan fingerprint density at radius 3 is 2.92 bits per heavy atom. The molecule has 70 valence electrons. The fourth-order valence-corrected chi connectivity index (χ4v) is 1.78. The van der Waals surface area contributed by atoms with Crippen molar-refractivity contribution in [1.29, 1.82) is 0 Å². The minimum Gasteiger partial charge on any atom is -0.103 e. The quantitative estimate of drug-likeness (QED) is 0.543. The van der Waals surface area contributed by atoms with Gasteiger partial charge in [0.1, 0.15) is 0 Å². The Bertz CT molecular complexity index is 289. The lowest BCUT2D eigenvalue weighted by Crippen LogP contribution is -1.87. The van der Waals surface area contributed by atoms with Crippen LogP contribution in [0.3, 0.4) is 0 Å². The van der Waals surface area contributed by atoms with Crippen molar-refractivity contribution in [3.05, 3.63) is 46.5 Å². The molecule has 0 unspecified atom stereocenters. The molecule has 0 amide bonds. The second-order valence-electron chi connectivity index (χ2n) is 3.28. The lowest BCUT2D eigenvalue weighted by molar-refractivity contribution is 0.840.